The van der Waals surface area contributed by atoms with E-state index in [-0.39, 0.29) is 6.04 Å². The van der Waals surface area contributed by atoms with Crippen molar-refractivity contribution in [3.63, 3.8) is 0 Å². The van der Waals surface area contributed by atoms with Gasteiger partial charge in [0.15, 0.2) is 5.75 Å². The first-order valence-corrected chi connectivity index (χ1v) is 7.31. The molecular formula is C16H24N4O. The van der Waals surface area contributed by atoms with Crippen molar-refractivity contribution in [2.45, 2.75) is 33.2 Å². The molecule has 0 spiro atoms. The molecule has 0 aliphatic rings. The van der Waals surface area contributed by atoms with Gasteiger partial charge in [0.2, 0.25) is 0 Å². The van der Waals surface area contributed by atoms with E-state index in [9.17, 15) is 0 Å². The lowest BCUT2D eigenvalue weighted by molar-refractivity contribution is 0.400. The molecule has 0 bridgehead atoms. The Kier molecular flexibility index (Phi) is 4.96. The molecule has 0 radical (unpaired) electrons. The van der Waals surface area contributed by atoms with Crippen molar-refractivity contribution in [2.24, 2.45) is 7.05 Å². The Morgan fingerprint density at radius 1 is 1.29 bits per heavy atom. The molecule has 2 heterocycles. The molecule has 0 aliphatic heterocycles. The lowest BCUT2D eigenvalue weighted by atomic mass is 10.0. The Labute approximate surface area is 126 Å². The molecule has 5 nitrogen and oxygen atoms in total. The molecule has 2 aromatic heterocycles. The Morgan fingerprint density at radius 2 is 1.95 bits per heavy atom. The summed E-state index contributed by atoms with van der Waals surface area (Å²) in [5.74, 6) is 0.804. The predicted molar refractivity (Wildman–Crippen MR) is 83.6 cm³/mol. The topological polar surface area (TPSA) is 52.0 Å². The van der Waals surface area contributed by atoms with Crippen molar-refractivity contribution in [3.8, 4) is 5.75 Å². The summed E-state index contributed by atoms with van der Waals surface area (Å²) in [6.45, 7) is 7.13. The van der Waals surface area contributed by atoms with Crippen LogP contribution in [0.15, 0.2) is 18.3 Å². The van der Waals surface area contributed by atoms with Gasteiger partial charge in [-0.15, -0.1) is 0 Å². The average Bonchev–Trinajstić information content (AvgIpc) is 2.80. The number of pyridine rings is 1. The Bertz CT molecular complexity index is 586. The van der Waals surface area contributed by atoms with Crippen LogP contribution in [0, 0.1) is 13.8 Å². The molecule has 5 heteroatoms. The van der Waals surface area contributed by atoms with E-state index in [1.165, 1.54) is 5.56 Å². The van der Waals surface area contributed by atoms with Gasteiger partial charge in [-0.05, 0) is 44.5 Å². The zero-order chi connectivity index (χ0) is 15.4. The van der Waals surface area contributed by atoms with E-state index in [4.69, 9.17) is 4.74 Å². The lowest BCUT2D eigenvalue weighted by Gasteiger charge is -2.21. The van der Waals surface area contributed by atoms with E-state index in [0.717, 1.165) is 35.8 Å². The molecule has 2 rings (SSSR count). The molecule has 0 saturated heterocycles. The molecule has 0 aromatic carbocycles. The molecule has 114 valence electrons. The van der Waals surface area contributed by atoms with Gasteiger partial charge in [-0.2, -0.15) is 5.10 Å². The first kappa shape index (κ1) is 15.5. The smallest absolute Gasteiger partial charge is 0.161 e. The summed E-state index contributed by atoms with van der Waals surface area (Å²) in [6.07, 6.45) is 2.83. The normalized spacial score (nSPS) is 12.4. The minimum atomic E-state index is 0.0489. The van der Waals surface area contributed by atoms with Gasteiger partial charge < -0.3 is 10.1 Å². The summed E-state index contributed by atoms with van der Waals surface area (Å²) >= 11 is 0. The third kappa shape index (κ3) is 3.42. The van der Waals surface area contributed by atoms with Crippen molar-refractivity contribution < 1.29 is 4.74 Å². The van der Waals surface area contributed by atoms with Crippen molar-refractivity contribution in [1.82, 2.24) is 20.1 Å². The Morgan fingerprint density at radius 3 is 2.52 bits per heavy atom. The minimum Gasteiger partial charge on any atom is -0.493 e. The molecule has 0 saturated carbocycles. The third-order valence-corrected chi connectivity index (χ3v) is 3.48. The highest BCUT2D eigenvalue weighted by Crippen LogP contribution is 2.30. The molecule has 0 aliphatic carbocycles. The maximum atomic E-state index is 5.47. The number of hydrogen-bond donors (Lipinski definition) is 1. The second kappa shape index (κ2) is 6.72. The van der Waals surface area contributed by atoms with Crippen LogP contribution in [0.3, 0.4) is 0 Å². The van der Waals surface area contributed by atoms with E-state index in [1.54, 1.807) is 13.3 Å². The number of methoxy groups -OCH3 is 1. The summed E-state index contributed by atoms with van der Waals surface area (Å²) in [4.78, 5) is 4.46. The average molecular weight is 288 g/mol. The molecule has 21 heavy (non-hydrogen) atoms. The largest absolute Gasteiger partial charge is 0.493 e. The number of aromatic nitrogens is 3. The number of ether oxygens (including phenoxy) is 1. The highest BCUT2D eigenvalue weighted by Gasteiger charge is 2.22. The summed E-state index contributed by atoms with van der Waals surface area (Å²) < 4.78 is 7.34. The van der Waals surface area contributed by atoms with Crippen LogP contribution in [0.2, 0.25) is 0 Å². The second-order valence-corrected chi connectivity index (χ2v) is 5.29. The quantitative estimate of drug-likeness (QED) is 0.887. The first-order valence-electron chi connectivity index (χ1n) is 7.31. The van der Waals surface area contributed by atoms with Gasteiger partial charge >= 0.3 is 0 Å². The number of nitrogens with one attached hydrogen (secondary N) is 1. The van der Waals surface area contributed by atoms with Crippen LogP contribution in [0.5, 0.6) is 5.75 Å². The maximum Gasteiger partial charge on any atom is 0.161 e. The van der Waals surface area contributed by atoms with Crippen LogP contribution in [-0.4, -0.2) is 28.4 Å². The van der Waals surface area contributed by atoms with Gasteiger partial charge in [0.1, 0.15) is 5.69 Å². The van der Waals surface area contributed by atoms with Crippen LogP contribution < -0.4 is 10.1 Å². The summed E-state index contributed by atoms with van der Waals surface area (Å²) in [6, 6.07) is 4.28. The number of hydrogen-bond acceptors (Lipinski definition) is 4. The van der Waals surface area contributed by atoms with Gasteiger partial charge in [-0.1, -0.05) is 6.92 Å². The summed E-state index contributed by atoms with van der Waals surface area (Å²) in [7, 11) is 3.62. The second-order valence-electron chi connectivity index (χ2n) is 5.29. The molecular weight excluding hydrogens is 264 g/mol. The zero-order valence-corrected chi connectivity index (χ0v) is 13.5. The fraction of sp³-hybridized carbons (Fsp3) is 0.500. The van der Waals surface area contributed by atoms with Crippen LogP contribution in [0.1, 0.15) is 42.0 Å². The van der Waals surface area contributed by atoms with E-state index >= 15 is 0 Å². The number of nitrogens with zero attached hydrogens (tertiary/aromatic N) is 3. The highest BCUT2D eigenvalue weighted by molar-refractivity contribution is 5.37. The Hall–Kier alpha value is -1.88. The SMILES string of the molecule is CCCNC(c1cc(C)nc(C)c1)c1c(OC)cnn1C. The minimum absolute atomic E-state index is 0.0489. The van der Waals surface area contributed by atoms with E-state index in [1.807, 2.05) is 25.6 Å². The molecule has 0 amide bonds. The van der Waals surface area contributed by atoms with E-state index in [2.05, 4.69) is 34.5 Å². The molecule has 2 aromatic rings. The molecule has 1 atom stereocenters. The third-order valence-electron chi connectivity index (χ3n) is 3.48. The van der Waals surface area contributed by atoms with Gasteiger partial charge in [0.25, 0.3) is 0 Å². The lowest BCUT2D eigenvalue weighted by Crippen LogP contribution is -2.26. The van der Waals surface area contributed by atoms with Gasteiger partial charge in [-0.25, -0.2) is 0 Å². The van der Waals surface area contributed by atoms with E-state index < -0.39 is 0 Å². The fourth-order valence-corrected chi connectivity index (χ4v) is 2.61. The van der Waals surface area contributed by atoms with Crippen LogP contribution in [0.4, 0.5) is 0 Å². The molecule has 1 unspecified atom stereocenters. The van der Waals surface area contributed by atoms with Crippen molar-refractivity contribution in [2.75, 3.05) is 13.7 Å². The summed E-state index contributed by atoms with van der Waals surface area (Å²) in [5, 5.41) is 7.91. The predicted octanol–water partition coefficient (Wildman–Crippen LogP) is 2.53. The first-order chi connectivity index (χ1) is 10.1. The van der Waals surface area contributed by atoms with E-state index in [0.29, 0.717) is 0 Å². The standard InChI is InChI=1S/C16H24N4O/c1-6-7-17-15(13-8-11(2)19-12(3)9-13)16-14(21-5)10-18-20(16)4/h8-10,15,17H,6-7H2,1-5H3. The monoisotopic (exact) mass is 288 g/mol. The van der Waals surface area contributed by atoms with Gasteiger partial charge in [0.05, 0.1) is 19.3 Å². The van der Waals surface area contributed by atoms with Gasteiger partial charge in [0, 0.05) is 18.4 Å². The highest BCUT2D eigenvalue weighted by atomic mass is 16.5. The van der Waals surface area contributed by atoms with Crippen molar-refractivity contribution in [3.05, 3.63) is 41.0 Å². The van der Waals surface area contributed by atoms with Crippen molar-refractivity contribution in [1.29, 1.82) is 0 Å². The van der Waals surface area contributed by atoms with Crippen molar-refractivity contribution >= 4 is 0 Å². The summed E-state index contributed by atoms with van der Waals surface area (Å²) in [5.41, 5.74) is 4.27. The molecule has 0 fully saturated rings. The number of aryl methyl sites for hydroxylation is 3. The van der Waals surface area contributed by atoms with Gasteiger partial charge in [-0.3, -0.25) is 9.67 Å². The zero-order valence-electron chi connectivity index (χ0n) is 13.5. The van der Waals surface area contributed by atoms with Crippen LogP contribution >= 0.6 is 0 Å². The maximum absolute atomic E-state index is 5.47. The Balaban J connectivity index is 2.49. The van der Waals surface area contributed by atoms with Crippen LogP contribution in [-0.2, 0) is 7.05 Å². The molecule has 1 N–H and O–H groups in total. The van der Waals surface area contributed by atoms with Crippen LogP contribution in [0.25, 0.3) is 0 Å². The fourth-order valence-electron chi connectivity index (χ4n) is 2.61. The number of rotatable bonds is 6.